The van der Waals surface area contributed by atoms with Gasteiger partial charge >= 0.3 is 0 Å². The van der Waals surface area contributed by atoms with Crippen molar-refractivity contribution in [1.82, 2.24) is 4.57 Å². The molecule has 2 nitrogen and oxygen atoms in total. The number of fused-ring (bicyclic) bond motifs is 6. The van der Waals surface area contributed by atoms with Crippen LogP contribution in [0.2, 0.25) is 0 Å². The largest absolute Gasteiger partial charge is 0.328 e. The predicted octanol–water partition coefficient (Wildman–Crippen LogP) is 17.0. The van der Waals surface area contributed by atoms with Crippen LogP contribution in [0.3, 0.4) is 0 Å². The summed E-state index contributed by atoms with van der Waals surface area (Å²) in [5, 5.41) is 5.07. The summed E-state index contributed by atoms with van der Waals surface area (Å²) in [6.07, 6.45) is 7.72. The van der Waals surface area contributed by atoms with Crippen LogP contribution < -0.4 is 4.90 Å². The monoisotopic (exact) mass is 872 g/mol. The van der Waals surface area contributed by atoms with Crippen molar-refractivity contribution in [3.63, 3.8) is 0 Å². The summed E-state index contributed by atoms with van der Waals surface area (Å²) in [7, 11) is 0. The number of hydrogen-bond donors (Lipinski definition) is 0. The van der Waals surface area contributed by atoms with E-state index < -0.39 is 16.4 Å². The molecule has 0 saturated carbocycles. The molecule has 0 bridgehead atoms. The Morgan fingerprint density at radius 2 is 1.03 bits per heavy atom. The molecule has 1 aromatic heterocycles. The lowest BCUT2D eigenvalue weighted by Crippen LogP contribution is -2.58. The molecule has 0 fully saturated rings. The molecule has 0 N–H and O–H groups in total. The van der Waals surface area contributed by atoms with Gasteiger partial charge < -0.3 is 9.47 Å². The normalized spacial score (nSPS) is 21.8. The summed E-state index contributed by atoms with van der Waals surface area (Å²) < 4.78 is 2.46. The lowest BCUT2D eigenvalue weighted by Gasteiger charge is -2.60. The second-order valence-corrected chi connectivity index (χ2v) is 19.8. The van der Waals surface area contributed by atoms with Crippen molar-refractivity contribution in [2.75, 3.05) is 4.90 Å². The quantitative estimate of drug-likeness (QED) is 0.151. The van der Waals surface area contributed by atoms with E-state index >= 15 is 0 Å². The molecule has 13 rings (SSSR count). The first-order valence-corrected chi connectivity index (χ1v) is 24.2. The van der Waals surface area contributed by atoms with Gasteiger partial charge in [0, 0.05) is 44.6 Å². The SMILES string of the molecule is CC1C(c2ccccc2)=CC2(C)C3=C1C(C)(c1cccc(-n4c5ccccc5c5ccccc54)c1)C=CC3(C)N(c1ccc(-c3cccc(-c4ccc5ccccc5c4)c3)cc1)c1ccccc12. The molecule has 3 aliphatic rings. The van der Waals surface area contributed by atoms with Crippen molar-refractivity contribution in [2.45, 2.75) is 44.1 Å². The lowest BCUT2D eigenvalue weighted by molar-refractivity contribution is 0.445. The first-order valence-electron chi connectivity index (χ1n) is 24.2. The van der Waals surface area contributed by atoms with Gasteiger partial charge in [-0.1, -0.05) is 189 Å². The predicted molar refractivity (Wildman–Crippen MR) is 287 cm³/mol. The number of benzene rings is 9. The second kappa shape index (κ2) is 15.0. The van der Waals surface area contributed by atoms with E-state index in [9.17, 15) is 0 Å². The highest BCUT2D eigenvalue weighted by atomic mass is 15.2. The van der Waals surface area contributed by atoms with Gasteiger partial charge in [0.2, 0.25) is 0 Å². The van der Waals surface area contributed by atoms with E-state index in [2.05, 4.69) is 274 Å². The van der Waals surface area contributed by atoms with Crippen molar-refractivity contribution in [3.8, 4) is 27.9 Å². The van der Waals surface area contributed by atoms with Gasteiger partial charge in [0.1, 0.15) is 0 Å². The van der Waals surface area contributed by atoms with Crippen LogP contribution in [0.25, 0.3) is 66.1 Å². The van der Waals surface area contributed by atoms with E-state index in [1.807, 2.05) is 0 Å². The summed E-state index contributed by atoms with van der Waals surface area (Å²) >= 11 is 0. The molecule has 326 valence electrons. The molecule has 0 spiro atoms. The number of rotatable bonds is 6. The molecule has 2 aliphatic carbocycles. The van der Waals surface area contributed by atoms with E-state index in [1.54, 1.807) is 0 Å². The van der Waals surface area contributed by atoms with Crippen LogP contribution in [-0.2, 0) is 10.8 Å². The van der Waals surface area contributed by atoms with Gasteiger partial charge in [0.25, 0.3) is 0 Å². The molecular weight excluding hydrogens is 821 g/mol. The third-order valence-corrected chi connectivity index (χ3v) is 15.9. The number of hydrogen-bond acceptors (Lipinski definition) is 1. The summed E-state index contributed by atoms with van der Waals surface area (Å²) in [5.41, 5.74) is 17.8. The molecule has 2 heteroatoms. The summed E-state index contributed by atoms with van der Waals surface area (Å²) in [5.74, 6) is 0.135. The van der Waals surface area contributed by atoms with Gasteiger partial charge in [0.15, 0.2) is 0 Å². The molecule has 9 aromatic carbocycles. The fourth-order valence-corrected chi connectivity index (χ4v) is 12.8. The minimum Gasteiger partial charge on any atom is -0.328 e. The van der Waals surface area contributed by atoms with Crippen LogP contribution in [0, 0.1) is 5.92 Å². The molecule has 68 heavy (non-hydrogen) atoms. The van der Waals surface area contributed by atoms with Crippen LogP contribution in [0.15, 0.2) is 248 Å². The summed E-state index contributed by atoms with van der Waals surface area (Å²) in [6.45, 7) is 9.90. The maximum Gasteiger partial charge on any atom is 0.0833 e. The molecule has 4 unspecified atom stereocenters. The second-order valence-electron chi connectivity index (χ2n) is 19.8. The number of anilines is 2. The van der Waals surface area contributed by atoms with Crippen LogP contribution in [0.4, 0.5) is 11.4 Å². The highest BCUT2D eigenvalue weighted by Gasteiger charge is 2.57. The van der Waals surface area contributed by atoms with Crippen LogP contribution in [0.1, 0.15) is 44.4 Å². The van der Waals surface area contributed by atoms with E-state index in [4.69, 9.17) is 0 Å². The Morgan fingerprint density at radius 1 is 0.426 bits per heavy atom. The first kappa shape index (κ1) is 40.3. The van der Waals surface area contributed by atoms with Gasteiger partial charge in [-0.3, -0.25) is 0 Å². The molecule has 1 aliphatic heterocycles. The Kier molecular flexibility index (Phi) is 8.92. The van der Waals surface area contributed by atoms with Gasteiger partial charge in [-0.15, -0.1) is 0 Å². The first-order chi connectivity index (χ1) is 33.2. The molecular formula is C66H52N2. The Labute approximate surface area is 399 Å². The Morgan fingerprint density at radius 3 is 1.79 bits per heavy atom. The minimum atomic E-state index is -0.479. The van der Waals surface area contributed by atoms with Crippen LogP contribution >= 0.6 is 0 Å². The van der Waals surface area contributed by atoms with Crippen molar-refractivity contribution in [1.29, 1.82) is 0 Å². The van der Waals surface area contributed by atoms with Gasteiger partial charge in [-0.05, 0) is 142 Å². The fraction of sp³-hybridized carbons (Fsp3) is 0.121. The van der Waals surface area contributed by atoms with E-state index in [0.717, 1.165) is 0 Å². The highest BCUT2D eigenvalue weighted by molar-refractivity contribution is 6.09. The van der Waals surface area contributed by atoms with Crippen molar-refractivity contribution in [3.05, 3.63) is 264 Å². The molecule has 0 amide bonds. The zero-order valence-corrected chi connectivity index (χ0v) is 39.0. The zero-order valence-electron chi connectivity index (χ0n) is 39.0. The van der Waals surface area contributed by atoms with Gasteiger partial charge in [-0.25, -0.2) is 0 Å². The standard InChI is InChI=1S/C66H52N2/c1-44-57(47-19-6-5-7-20-47)43-65(3)58-28-12-15-31-61(58)68(53-36-34-46(35-37-53)49-22-16-23-50(40-49)51-33-32-45-18-8-9-21-48(45)41-51)66(4)39-38-64(2,62(44)63(65)66)52-24-17-25-54(42-52)67-59-29-13-10-26-55(59)56-27-11-14-30-60(56)67/h5-44H,1-4H3. The third-order valence-electron chi connectivity index (χ3n) is 15.9. The minimum absolute atomic E-state index is 0.135. The van der Waals surface area contributed by atoms with Crippen molar-refractivity contribution < 1.29 is 0 Å². The maximum atomic E-state index is 2.63. The average Bonchev–Trinajstić information content (AvgIpc) is 3.73. The van der Waals surface area contributed by atoms with Crippen molar-refractivity contribution in [2.24, 2.45) is 5.92 Å². The van der Waals surface area contributed by atoms with E-state index in [1.165, 1.54) is 105 Å². The molecule has 0 saturated heterocycles. The smallest absolute Gasteiger partial charge is 0.0833 e. The average molecular weight is 873 g/mol. The van der Waals surface area contributed by atoms with Gasteiger partial charge in [-0.2, -0.15) is 0 Å². The van der Waals surface area contributed by atoms with Crippen molar-refractivity contribution >= 4 is 49.5 Å². The lowest BCUT2D eigenvalue weighted by atomic mass is 9.50. The van der Waals surface area contributed by atoms with Gasteiger partial charge in [0.05, 0.1) is 16.6 Å². The number of allylic oxidation sites excluding steroid dienone is 4. The molecule has 10 aromatic rings. The number of aromatic nitrogens is 1. The molecule has 0 radical (unpaired) electrons. The molecule has 2 heterocycles. The third kappa shape index (κ3) is 5.90. The Hall–Kier alpha value is -7.94. The number of nitrogens with zero attached hydrogens (tertiary/aromatic N) is 2. The van der Waals surface area contributed by atoms with E-state index in [0.29, 0.717) is 0 Å². The topological polar surface area (TPSA) is 8.17 Å². The van der Waals surface area contributed by atoms with Crippen LogP contribution in [-0.4, -0.2) is 10.1 Å². The van der Waals surface area contributed by atoms with Crippen LogP contribution in [0.5, 0.6) is 0 Å². The summed E-state index contributed by atoms with van der Waals surface area (Å²) in [6, 6.07) is 81.0. The van der Waals surface area contributed by atoms with E-state index in [-0.39, 0.29) is 5.92 Å². The highest BCUT2D eigenvalue weighted by Crippen LogP contribution is 2.64. The zero-order chi connectivity index (χ0) is 45.8. The Balaban J connectivity index is 0.974. The molecule has 4 atom stereocenters. The summed E-state index contributed by atoms with van der Waals surface area (Å²) in [4.78, 5) is 2.63. The Bertz CT molecular complexity index is 3700. The fourth-order valence-electron chi connectivity index (χ4n) is 12.8. The number of para-hydroxylation sites is 3. The maximum absolute atomic E-state index is 2.63.